The summed E-state index contributed by atoms with van der Waals surface area (Å²) in [6.07, 6.45) is 2.42. The average Bonchev–Trinajstić information content (AvgIpc) is 3.01. The van der Waals surface area contributed by atoms with E-state index in [0.717, 1.165) is 27.4 Å². The molecular formula is C21H21BrN2O3. The number of hydrogen-bond donors (Lipinski definition) is 1. The van der Waals surface area contributed by atoms with Crippen molar-refractivity contribution in [3.63, 3.8) is 0 Å². The number of methoxy groups -OCH3 is 1. The highest BCUT2D eigenvalue weighted by molar-refractivity contribution is 9.10. The lowest BCUT2D eigenvalue weighted by molar-refractivity contribution is -0.122. The molecule has 140 valence electrons. The third-order valence-electron chi connectivity index (χ3n) is 4.37. The van der Waals surface area contributed by atoms with Crippen LogP contribution in [0.4, 0.5) is 0 Å². The van der Waals surface area contributed by atoms with Crippen molar-refractivity contribution in [2.24, 2.45) is 0 Å². The monoisotopic (exact) mass is 428 g/mol. The molecule has 1 unspecified atom stereocenters. The summed E-state index contributed by atoms with van der Waals surface area (Å²) >= 11 is 3.42. The number of ether oxygens (including phenoxy) is 1. The van der Waals surface area contributed by atoms with Crippen molar-refractivity contribution in [2.75, 3.05) is 7.11 Å². The lowest BCUT2D eigenvalue weighted by Crippen LogP contribution is -2.36. The molecule has 6 heteroatoms. The van der Waals surface area contributed by atoms with Crippen LogP contribution in [0.25, 0.3) is 10.9 Å². The number of amides is 1. The summed E-state index contributed by atoms with van der Waals surface area (Å²) in [6, 6.07) is 15.5. The number of nitrogens with zero attached hydrogens (tertiary/aromatic N) is 1. The van der Waals surface area contributed by atoms with Crippen LogP contribution >= 0.6 is 15.9 Å². The van der Waals surface area contributed by atoms with E-state index in [1.165, 1.54) is 7.11 Å². The Balaban J connectivity index is 1.70. The Kier molecular flexibility index (Phi) is 5.96. The van der Waals surface area contributed by atoms with Gasteiger partial charge in [-0.25, -0.2) is 4.79 Å². The fourth-order valence-corrected chi connectivity index (χ4v) is 3.41. The molecule has 3 aromatic rings. The summed E-state index contributed by atoms with van der Waals surface area (Å²) in [5, 5.41) is 3.80. The van der Waals surface area contributed by atoms with E-state index in [9.17, 15) is 9.59 Å². The number of benzene rings is 2. The summed E-state index contributed by atoms with van der Waals surface area (Å²) < 4.78 is 7.66. The van der Waals surface area contributed by atoms with Gasteiger partial charge in [0.2, 0.25) is 5.91 Å². The van der Waals surface area contributed by atoms with E-state index in [1.54, 1.807) is 10.8 Å². The first kappa shape index (κ1) is 19.2. The minimum atomic E-state index is -0.408. The lowest BCUT2D eigenvalue weighted by atomic mass is 10.1. The lowest BCUT2D eigenvalue weighted by Gasteiger charge is -2.15. The van der Waals surface area contributed by atoms with Crippen molar-refractivity contribution < 1.29 is 14.3 Å². The fraction of sp³-hybridized carbons (Fsp3) is 0.238. The van der Waals surface area contributed by atoms with Gasteiger partial charge in [-0.2, -0.15) is 0 Å². The number of hydrogen-bond acceptors (Lipinski definition) is 3. The first-order valence-corrected chi connectivity index (χ1v) is 9.47. The maximum Gasteiger partial charge on any atom is 0.340 e. The predicted octanol–water partition coefficient (Wildman–Crippen LogP) is 3.94. The van der Waals surface area contributed by atoms with Crippen LogP contribution in [-0.4, -0.2) is 29.6 Å². The predicted molar refractivity (Wildman–Crippen MR) is 109 cm³/mol. The summed E-state index contributed by atoms with van der Waals surface area (Å²) in [5.74, 6) is -0.509. The zero-order valence-corrected chi connectivity index (χ0v) is 16.8. The SMILES string of the molecule is COC(=O)c1cn(CC(=O)NC(C)Cc2ccc(Br)cc2)c2ccccc12. The number of aromatic nitrogens is 1. The van der Waals surface area contributed by atoms with Crippen LogP contribution in [0.1, 0.15) is 22.8 Å². The highest BCUT2D eigenvalue weighted by Crippen LogP contribution is 2.22. The van der Waals surface area contributed by atoms with Crippen LogP contribution in [0, 0.1) is 0 Å². The topological polar surface area (TPSA) is 60.3 Å². The third kappa shape index (κ3) is 4.57. The van der Waals surface area contributed by atoms with Crippen molar-refractivity contribution in [1.82, 2.24) is 9.88 Å². The molecule has 0 saturated heterocycles. The Morgan fingerprint density at radius 3 is 2.56 bits per heavy atom. The van der Waals surface area contributed by atoms with Gasteiger partial charge < -0.3 is 14.6 Å². The van der Waals surface area contributed by atoms with Crippen molar-refractivity contribution in [3.8, 4) is 0 Å². The Morgan fingerprint density at radius 2 is 1.85 bits per heavy atom. The van der Waals surface area contributed by atoms with Crippen molar-refractivity contribution >= 4 is 38.7 Å². The molecule has 1 heterocycles. The number of carbonyl (C=O) groups is 2. The second-order valence-corrected chi connectivity index (χ2v) is 7.39. The van der Waals surface area contributed by atoms with E-state index in [2.05, 4.69) is 21.2 Å². The molecule has 2 aromatic carbocycles. The largest absolute Gasteiger partial charge is 0.465 e. The van der Waals surface area contributed by atoms with Gasteiger partial charge in [0, 0.05) is 27.6 Å². The van der Waals surface area contributed by atoms with E-state index in [4.69, 9.17) is 4.74 Å². The fourth-order valence-electron chi connectivity index (χ4n) is 3.15. The van der Waals surface area contributed by atoms with Gasteiger partial charge in [-0.3, -0.25) is 4.79 Å². The quantitative estimate of drug-likeness (QED) is 0.604. The Bertz CT molecular complexity index is 963. The van der Waals surface area contributed by atoms with Gasteiger partial charge >= 0.3 is 5.97 Å². The number of fused-ring (bicyclic) bond motifs is 1. The molecule has 0 aliphatic heterocycles. The molecule has 1 atom stereocenters. The van der Waals surface area contributed by atoms with Crippen LogP contribution < -0.4 is 5.32 Å². The normalized spacial score (nSPS) is 12.0. The van der Waals surface area contributed by atoms with Gasteiger partial charge in [-0.15, -0.1) is 0 Å². The summed E-state index contributed by atoms with van der Waals surface area (Å²) in [4.78, 5) is 24.5. The van der Waals surface area contributed by atoms with Gasteiger partial charge in [-0.05, 0) is 37.1 Å². The number of carbonyl (C=O) groups excluding carboxylic acids is 2. The maximum atomic E-state index is 12.5. The second-order valence-electron chi connectivity index (χ2n) is 6.48. The van der Waals surface area contributed by atoms with Gasteiger partial charge in [-0.1, -0.05) is 46.3 Å². The highest BCUT2D eigenvalue weighted by Gasteiger charge is 2.17. The first-order chi connectivity index (χ1) is 13.0. The van der Waals surface area contributed by atoms with Gasteiger partial charge in [0.1, 0.15) is 6.54 Å². The first-order valence-electron chi connectivity index (χ1n) is 8.68. The third-order valence-corrected chi connectivity index (χ3v) is 4.90. The van der Waals surface area contributed by atoms with E-state index in [-0.39, 0.29) is 18.5 Å². The minimum Gasteiger partial charge on any atom is -0.465 e. The Labute approximate surface area is 166 Å². The molecule has 1 amide bonds. The molecule has 1 N–H and O–H groups in total. The van der Waals surface area contributed by atoms with E-state index in [0.29, 0.717) is 5.56 Å². The molecule has 1 aromatic heterocycles. The summed E-state index contributed by atoms with van der Waals surface area (Å²) in [7, 11) is 1.35. The molecule has 0 spiro atoms. The van der Waals surface area contributed by atoms with E-state index in [1.807, 2.05) is 55.5 Å². The van der Waals surface area contributed by atoms with Crippen LogP contribution in [0.3, 0.4) is 0 Å². The molecule has 0 bridgehead atoms. The average molecular weight is 429 g/mol. The molecular weight excluding hydrogens is 408 g/mol. The van der Waals surface area contributed by atoms with Gasteiger partial charge in [0.25, 0.3) is 0 Å². The van der Waals surface area contributed by atoms with Gasteiger partial charge in [0.05, 0.1) is 12.7 Å². The number of rotatable bonds is 6. The maximum absolute atomic E-state index is 12.5. The van der Waals surface area contributed by atoms with E-state index < -0.39 is 5.97 Å². The van der Waals surface area contributed by atoms with Crippen LogP contribution in [0.15, 0.2) is 59.2 Å². The van der Waals surface area contributed by atoms with Crippen LogP contribution in [0.2, 0.25) is 0 Å². The Morgan fingerprint density at radius 1 is 1.15 bits per heavy atom. The molecule has 5 nitrogen and oxygen atoms in total. The molecule has 0 fully saturated rings. The van der Waals surface area contributed by atoms with Crippen molar-refractivity contribution in [1.29, 1.82) is 0 Å². The zero-order chi connectivity index (χ0) is 19.4. The zero-order valence-electron chi connectivity index (χ0n) is 15.2. The molecule has 3 rings (SSSR count). The molecule has 0 radical (unpaired) electrons. The number of halogens is 1. The second kappa shape index (κ2) is 8.39. The Hall–Kier alpha value is -2.60. The smallest absolute Gasteiger partial charge is 0.340 e. The van der Waals surface area contributed by atoms with Crippen molar-refractivity contribution in [2.45, 2.75) is 25.9 Å². The standard InChI is InChI=1S/C21H21BrN2O3/c1-14(11-15-7-9-16(22)10-8-15)23-20(25)13-24-12-18(21(26)27-2)17-5-3-4-6-19(17)24/h3-10,12,14H,11,13H2,1-2H3,(H,23,25). The minimum absolute atomic E-state index is 0.000537. The number of esters is 1. The number of para-hydroxylation sites is 1. The summed E-state index contributed by atoms with van der Waals surface area (Å²) in [6.45, 7) is 2.12. The van der Waals surface area contributed by atoms with Crippen LogP contribution in [-0.2, 0) is 22.5 Å². The van der Waals surface area contributed by atoms with Gasteiger partial charge in [0.15, 0.2) is 0 Å². The molecule has 0 aliphatic rings. The molecule has 0 aliphatic carbocycles. The molecule has 27 heavy (non-hydrogen) atoms. The molecule has 0 saturated carbocycles. The highest BCUT2D eigenvalue weighted by atomic mass is 79.9. The van der Waals surface area contributed by atoms with Crippen molar-refractivity contribution in [3.05, 3.63) is 70.3 Å². The van der Waals surface area contributed by atoms with E-state index >= 15 is 0 Å². The number of nitrogens with one attached hydrogen (secondary N) is 1. The summed E-state index contributed by atoms with van der Waals surface area (Å²) in [5.41, 5.74) is 2.45. The van der Waals surface area contributed by atoms with Crippen LogP contribution in [0.5, 0.6) is 0 Å².